The van der Waals surface area contributed by atoms with Crippen molar-refractivity contribution in [2.24, 2.45) is 7.05 Å². The zero-order valence-corrected chi connectivity index (χ0v) is 22.1. The lowest BCUT2D eigenvalue weighted by atomic mass is 9.92. The number of benzene rings is 2. The van der Waals surface area contributed by atoms with Gasteiger partial charge in [-0.25, -0.2) is 14.2 Å². The van der Waals surface area contributed by atoms with Gasteiger partial charge in [-0.1, -0.05) is 6.07 Å². The summed E-state index contributed by atoms with van der Waals surface area (Å²) >= 11 is 0. The number of alkyl halides is 2. The van der Waals surface area contributed by atoms with Crippen LogP contribution in [0.1, 0.15) is 51.8 Å². The zero-order valence-electron chi connectivity index (χ0n) is 22.1. The van der Waals surface area contributed by atoms with Crippen LogP contribution < -0.4 is 9.47 Å². The monoisotopic (exact) mass is 565 g/mol. The molecule has 1 aliphatic heterocycles. The molecule has 4 aromatic rings. The summed E-state index contributed by atoms with van der Waals surface area (Å²) in [5, 5.41) is 18.3. The fraction of sp³-hybridized carbons (Fsp3) is 0.310. The van der Waals surface area contributed by atoms with Gasteiger partial charge in [-0.15, -0.1) is 0 Å². The molecule has 0 bridgehead atoms. The smallest absolute Gasteiger partial charge is 0.387 e. The van der Waals surface area contributed by atoms with Crippen molar-refractivity contribution in [1.82, 2.24) is 19.4 Å². The van der Waals surface area contributed by atoms with Crippen LogP contribution in [-0.2, 0) is 20.2 Å². The predicted molar refractivity (Wildman–Crippen MR) is 141 cm³/mol. The molecule has 1 saturated heterocycles. The van der Waals surface area contributed by atoms with Gasteiger partial charge in [-0.2, -0.15) is 14.0 Å². The molecule has 1 N–H and O–H groups in total. The summed E-state index contributed by atoms with van der Waals surface area (Å²) in [6.45, 7) is -1.28. The molecule has 212 valence electrons. The number of hydrogen-bond acceptors (Lipinski definition) is 7. The van der Waals surface area contributed by atoms with Crippen molar-refractivity contribution in [3.05, 3.63) is 82.7 Å². The van der Waals surface area contributed by atoms with Gasteiger partial charge in [-0.05, 0) is 62.3 Å². The molecule has 0 aliphatic carbocycles. The van der Waals surface area contributed by atoms with Crippen LogP contribution in [0.3, 0.4) is 0 Å². The van der Waals surface area contributed by atoms with Crippen LogP contribution in [0.2, 0.25) is 0 Å². The minimum atomic E-state index is -3.12. The van der Waals surface area contributed by atoms with Gasteiger partial charge in [0.25, 0.3) is 0 Å². The highest BCUT2D eigenvalue weighted by molar-refractivity contribution is 5.95. The molecule has 5 rings (SSSR count). The Kier molecular flexibility index (Phi) is 8.07. The fourth-order valence-corrected chi connectivity index (χ4v) is 5.04. The quantitative estimate of drug-likeness (QED) is 0.293. The van der Waals surface area contributed by atoms with E-state index in [9.17, 15) is 23.1 Å². The second-order valence-corrected chi connectivity index (χ2v) is 9.76. The van der Waals surface area contributed by atoms with E-state index >= 15 is 0 Å². The lowest BCUT2D eigenvalue weighted by Gasteiger charge is -2.32. The van der Waals surface area contributed by atoms with Gasteiger partial charge in [0.15, 0.2) is 5.75 Å². The highest BCUT2D eigenvalue weighted by Crippen LogP contribution is 2.34. The first-order valence-corrected chi connectivity index (χ1v) is 12.9. The lowest BCUT2D eigenvalue weighted by molar-refractivity contribution is -0.0489. The van der Waals surface area contributed by atoms with E-state index in [0.29, 0.717) is 42.3 Å². The Morgan fingerprint density at radius 1 is 1.20 bits per heavy atom. The topological polar surface area (TPSA) is 114 Å². The van der Waals surface area contributed by atoms with Gasteiger partial charge in [-0.3, -0.25) is 9.88 Å². The van der Waals surface area contributed by atoms with Crippen LogP contribution in [0.4, 0.5) is 13.2 Å². The molecular formula is C29H26F3N5O4. The Bertz CT molecular complexity index is 1630. The molecular weight excluding hydrogens is 539 g/mol. The number of carboxylic acid groups (broad SMARTS) is 1. The fourth-order valence-electron chi connectivity index (χ4n) is 5.04. The number of aromatic carboxylic acids is 1. The second kappa shape index (κ2) is 11.9. The molecule has 1 fully saturated rings. The maximum absolute atomic E-state index is 14.3. The average molecular weight is 566 g/mol. The van der Waals surface area contributed by atoms with Crippen LogP contribution >= 0.6 is 0 Å². The predicted octanol–water partition coefficient (Wildman–Crippen LogP) is 5.24. The van der Waals surface area contributed by atoms with E-state index in [1.54, 1.807) is 36.0 Å². The van der Waals surface area contributed by atoms with Crippen molar-refractivity contribution in [3.63, 3.8) is 0 Å². The van der Waals surface area contributed by atoms with Crippen molar-refractivity contribution in [2.45, 2.75) is 38.5 Å². The molecule has 0 unspecified atom stereocenters. The van der Waals surface area contributed by atoms with Crippen molar-refractivity contribution in [3.8, 4) is 17.6 Å². The highest BCUT2D eigenvalue weighted by atomic mass is 19.3. The van der Waals surface area contributed by atoms with Crippen molar-refractivity contribution < 1.29 is 32.5 Å². The third-order valence-corrected chi connectivity index (χ3v) is 7.21. The molecule has 0 radical (unpaired) electrons. The number of pyridine rings is 1. The van der Waals surface area contributed by atoms with Crippen molar-refractivity contribution >= 4 is 17.0 Å². The van der Waals surface area contributed by atoms with E-state index in [1.807, 2.05) is 6.07 Å². The van der Waals surface area contributed by atoms with Gasteiger partial charge in [0, 0.05) is 24.7 Å². The molecule has 0 atom stereocenters. The second-order valence-electron chi connectivity index (χ2n) is 9.76. The summed E-state index contributed by atoms with van der Waals surface area (Å²) in [5.74, 6) is -0.762. The number of nitrogens with zero attached hydrogens (tertiary/aromatic N) is 5. The standard InChI is InChI=1S/C29H26F3N5O4/c1-36-22-12-20(28(38)39)13-24(41-29(31)32)27(22)35-25(36)15-37-9-6-18(7-10-37)26-23(3-2-8-34-26)40-16-19-5-4-17(14-33)11-21(19)30/h2-5,8,11-13,18,29H,6-7,9-10,15-16H2,1H3,(H,38,39). The van der Waals surface area contributed by atoms with Gasteiger partial charge in [0.05, 0.1) is 35.0 Å². The number of rotatable bonds is 9. The number of hydrogen-bond donors (Lipinski definition) is 1. The maximum Gasteiger partial charge on any atom is 0.387 e. The minimum Gasteiger partial charge on any atom is -0.487 e. The Balaban J connectivity index is 1.27. The first-order chi connectivity index (χ1) is 19.7. The van der Waals surface area contributed by atoms with Crippen LogP contribution in [-0.4, -0.2) is 50.2 Å². The van der Waals surface area contributed by atoms with Crippen LogP contribution in [0, 0.1) is 17.1 Å². The summed E-state index contributed by atoms with van der Waals surface area (Å²) < 4.78 is 52.5. The lowest BCUT2D eigenvalue weighted by Crippen LogP contribution is -2.33. The third kappa shape index (κ3) is 6.10. The maximum atomic E-state index is 14.3. The molecule has 0 spiro atoms. The summed E-state index contributed by atoms with van der Waals surface area (Å²) in [7, 11) is 1.71. The van der Waals surface area contributed by atoms with E-state index in [4.69, 9.17) is 10.00 Å². The Labute approximate surface area is 233 Å². The van der Waals surface area contributed by atoms with Crippen molar-refractivity contribution in [1.29, 1.82) is 5.26 Å². The van der Waals surface area contributed by atoms with E-state index < -0.39 is 18.4 Å². The SMILES string of the molecule is Cn1c(CN2CCC(c3ncccc3OCc3ccc(C#N)cc3F)CC2)nc2c(OC(F)F)cc(C(=O)O)cc21. The average Bonchev–Trinajstić information content (AvgIpc) is 3.27. The van der Waals surface area contributed by atoms with E-state index in [1.165, 1.54) is 18.2 Å². The Hall–Kier alpha value is -4.63. The van der Waals surface area contributed by atoms with Crippen LogP contribution in [0.5, 0.6) is 11.5 Å². The summed E-state index contributed by atoms with van der Waals surface area (Å²) in [5.41, 5.74) is 1.77. The van der Waals surface area contributed by atoms with Gasteiger partial charge >= 0.3 is 12.6 Å². The number of carbonyl (C=O) groups is 1. The molecule has 3 heterocycles. The van der Waals surface area contributed by atoms with Gasteiger partial charge in [0.1, 0.15) is 29.5 Å². The van der Waals surface area contributed by atoms with Gasteiger partial charge in [0.2, 0.25) is 0 Å². The number of carboxylic acids is 1. The molecule has 0 amide bonds. The van der Waals surface area contributed by atoms with E-state index in [0.717, 1.165) is 24.6 Å². The zero-order chi connectivity index (χ0) is 29.1. The normalized spacial score (nSPS) is 14.3. The highest BCUT2D eigenvalue weighted by Gasteiger charge is 2.26. The first kappa shape index (κ1) is 27.9. The first-order valence-electron chi connectivity index (χ1n) is 12.9. The summed E-state index contributed by atoms with van der Waals surface area (Å²) in [4.78, 5) is 22.8. The molecule has 1 aliphatic rings. The van der Waals surface area contributed by atoms with E-state index in [-0.39, 0.29) is 34.9 Å². The number of piperidine rings is 1. The van der Waals surface area contributed by atoms with E-state index in [2.05, 4.69) is 19.6 Å². The molecule has 12 heteroatoms. The number of imidazole rings is 1. The Morgan fingerprint density at radius 2 is 1.98 bits per heavy atom. The molecule has 41 heavy (non-hydrogen) atoms. The number of likely N-dealkylation sites (tertiary alicyclic amines) is 1. The number of fused-ring (bicyclic) bond motifs is 1. The van der Waals surface area contributed by atoms with Crippen LogP contribution in [0.25, 0.3) is 11.0 Å². The van der Waals surface area contributed by atoms with Crippen LogP contribution in [0.15, 0.2) is 48.7 Å². The summed E-state index contributed by atoms with van der Waals surface area (Å²) in [6.07, 6.45) is 3.23. The molecule has 2 aromatic heterocycles. The number of nitriles is 1. The molecule has 2 aromatic carbocycles. The third-order valence-electron chi connectivity index (χ3n) is 7.21. The number of aromatic nitrogens is 3. The minimum absolute atomic E-state index is 0.00263. The molecule has 0 saturated carbocycles. The van der Waals surface area contributed by atoms with Gasteiger partial charge < -0.3 is 19.1 Å². The summed E-state index contributed by atoms with van der Waals surface area (Å²) in [6, 6.07) is 12.2. The van der Waals surface area contributed by atoms with Crippen molar-refractivity contribution in [2.75, 3.05) is 13.1 Å². The number of aryl methyl sites for hydroxylation is 1. The Morgan fingerprint density at radius 3 is 2.66 bits per heavy atom. The number of halogens is 3. The number of ether oxygens (including phenoxy) is 2. The molecule has 9 nitrogen and oxygen atoms in total. The largest absolute Gasteiger partial charge is 0.487 e.